The number of hydrogen-bond donors (Lipinski definition) is 9. The Morgan fingerprint density at radius 3 is 2.21 bits per heavy atom. The molecule has 9 N–H and O–H groups in total. The van der Waals surface area contributed by atoms with Crippen LogP contribution in [0.15, 0.2) is 114 Å². The minimum atomic E-state index is -1.50. The third kappa shape index (κ3) is 15.0. The molecule has 516 valence electrons. The lowest BCUT2D eigenvalue weighted by Crippen LogP contribution is -2.56. The number of ether oxygens (including phenoxy) is 3. The Morgan fingerprint density at radius 2 is 1.51 bits per heavy atom. The molecule has 5 aromatic carbocycles. The topological polar surface area (TPSA) is 362 Å². The van der Waals surface area contributed by atoms with E-state index in [2.05, 4.69) is 37.2 Å². The third-order valence-electron chi connectivity index (χ3n) is 19.3. The van der Waals surface area contributed by atoms with Crippen molar-refractivity contribution in [2.45, 2.75) is 82.0 Å². The standard InChI is InChI=1S/C71H74ClN11O16/c1-38-7-6-10-47-54(84)23-52-64(63(38)47)44(27-72)35-82(52)70(96)49-26-71(24-43(49)25-71)36-98-56-22-50-48(21-55(56)97-2)69(95)81-34-42(20-46(81)28-74-50)40-13-15-45(16-14-40)79-68(94)65(41-11-12-41)99-37-78-58(86)31-76-66(92)51(19-39-8-4-3-5-9-39)80-59(87)32-75-57(85)30-77-67(93)53(29-73-33-62(90)91)83-60(88)17-18-61(83)89/h3-10,13-18,21-23,28,34,41,43-44,46,49,51,53,65,73,84H,11-12,19-20,24-27,29-33,35-37H2,1-2H3,(H,75,85)(H,76,92)(H,77,93)(H,78,86)(H,79,94)(H,80,87)(H,90,91)/t43?,44?,46-,49?,51-,53?,65?,71?/m0/s1. The number of carbonyl (C=O) groups is 11. The third-order valence-corrected chi connectivity index (χ3v) is 19.6. The number of benzene rings is 5. The first-order valence-corrected chi connectivity index (χ1v) is 33.2. The van der Waals surface area contributed by atoms with Crippen molar-refractivity contribution in [3.63, 3.8) is 0 Å². The monoisotopic (exact) mass is 1370 g/mol. The number of amides is 10. The minimum absolute atomic E-state index is 0.00969. The number of carboxylic acid groups (broad SMARTS) is 1. The molecule has 2 bridgehead atoms. The number of rotatable bonds is 29. The molecule has 4 saturated carbocycles. The van der Waals surface area contributed by atoms with Crippen LogP contribution in [0.3, 0.4) is 0 Å². The summed E-state index contributed by atoms with van der Waals surface area (Å²) in [5.74, 6) is -6.40. The summed E-state index contributed by atoms with van der Waals surface area (Å²) < 4.78 is 18.3. The fourth-order valence-electron chi connectivity index (χ4n) is 14.2. The summed E-state index contributed by atoms with van der Waals surface area (Å²) in [6.07, 6.45) is 8.76. The number of carbonyl (C=O) groups excluding carboxylic acids is 10. The lowest BCUT2D eigenvalue weighted by molar-refractivity contribution is -0.145. The Bertz CT molecular complexity index is 4170. The second kappa shape index (κ2) is 29.3. The maximum atomic E-state index is 14.5. The molecule has 28 heteroatoms. The molecule has 4 heterocycles. The van der Waals surface area contributed by atoms with Gasteiger partial charge >= 0.3 is 5.97 Å². The molecule has 4 unspecified atom stereocenters. The number of nitrogens with zero attached hydrogens (tertiary/aromatic N) is 4. The van der Waals surface area contributed by atoms with Gasteiger partial charge < -0.3 is 71.4 Å². The number of anilines is 2. The number of carboxylic acids is 1. The fraction of sp³-hybridized carbons (Fsp3) is 0.380. The van der Waals surface area contributed by atoms with E-state index in [4.69, 9.17) is 35.9 Å². The average molecular weight is 1370 g/mol. The highest BCUT2D eigenvalue weighted by molar-refractivity contribution is 6.19. The summed E-state index contributed by atoms with van der Waals surface area (Å²) in [6, 6.07) is 23.7. The zero-order valence-electron chi connectivity index (χ0n) is 54.2. The molecule has 13 rings (SSSR count). The molecule has 4 fully saturated rings. The van der Waals surface area contributed by atoms with E-state index in [-0.39, 0.29) is 65.8 Å². The first-order chi connectivity index (χ1) is 47.7. The van der Waals surface area contributed by atoms with E-state index in [1.54, 1.807) is 71.8 Å². The van der Waals surface area contributed by atoms with E-state index in [1.165, 1.54) is 7.11 Å². The average Bonchev–Trinajstić information content (AvgIpc) is 1.58. The van der Waals surface area contributed by atoms with Crippen LogP contribution in [0.1, 0.15) is 77.1 Å². The Kier molecular flexibility index (Phi) is 20.2. The van der Waals surface area contributed by atoms with Crippen molar-refractivity contribution >= 4 is 116 Å². The van der Waals surface area contributed by atoms with E-state index < -0.39 is 104 Å². The number of nitrogens with one attached hydrogen (secondary N) is 7. The number of aryl methyl sites for hydroxylation is 1. The van der Waals surface area contributed by atoms with Gasteiger partial charge in [-0.05, 0) is 102 Å². The number of phenols is 1. The molecule has 0 saturated heterocycles. The molecule has 4 aliphatic carbocycles. The highest BCUT2D eigenvalue weighted by Gasteiger charge is 2.60. The van der Waals surface area contributed by atoms with Gasteiger partial charge in [-0.2, -0.15) is 0 Å². The van der Waals surface area contributed by atoms with Crippen molar-refractivity contribution < 1.29 is 77.2 Å². The number of aliphatic imine (C=N–C) groups is 1. The van der Waals surface area contributed by atoms with Crippen molar-refractivity contribution in [1.82, 2.24) is 41.7 Å². The van der Waals surface area contributed by atoms with E-state index in [0.29, 0.717) is 70.8 Å². The van der Waals surface area contributed by atoms with Crippen LogP contribution >= 0.6 is 11.6 Å². The first kappa shape index (κ1) is 68.4. The maximum absolute atomic E-state index is 14.5. The number of fused-ring (bicyclic) bond motifs is 6. The van der Waals surface area contributed by atoms with Crippen LogP contribution in [-0.4, -0.2) is 181 Å². The SMILES string of the molecule is COc1cc2c(cc1OCC13CC(C1)C(C(=O)N1CC(CCl)c4c1cc(O)c1cccc(C)c41)C3)N=C[C@@H]1CC(c3ccc(NC(=O)C(OCNC(=O)CNC(=O)[C@H](Cc4ccccc4)NC(=O)CNC(=O)CNC(=O)C(CNCC(=O)O)N4C(=O)C=CC4=O)C4CC4)cc3)=CN1C2=O. The van der Waals surface area contributed by atoms with E-state index in [9.17, 15) is 57.8 Å². The number of aliphatic carboxylic acids is 1. The van der Waals surface area contributed by atoms with Gasteiger partial charge in [-0.1, -0.05) is 60.7 Å². The second-order valence-electron chi connectivity index (χ2n) is 26.0. The molecular weight excluding hydrogens is 1300 g/mol. The smallest absolute Gasteiger partial charge is 0.317 e. The van der Waals surface area contributed by atoms with Gasteiger partial charge in [-0.3, -0.25) is 62.6 Å². The molecule has 0 radical (unpaired) electrons. The lowest BCUT2D eigenvalue weighted by Gasteiger charge is -2.38. The zero-order chi connectivity index (χ0) is 69.8. The number of hydrogen-bond acceptors (Lipinski definition) is 17. The number of alkyl halides is 1. The summed E-state index contributed by atoms with van der Waals surface area (Å²) in [6.45, 7) is -0.442. The van der Waals surface area contributed by atoms with Crippen LogP contribution in [0.5, 0.6) is 17.2 Å². The largest absolute Gasteiger partial charge is 0.507 e. The molecule has 10 amide bonds. The predicted molar refractivity (Wildman–Crippen MR) is 361 cm³/mol. The van der Waals surface area contributed by atoms with Crippen molar-refractivity contribution in [2.24, 2.45) is 28.2 Å². The predicted octanol–water partition coefficient (Wildman–Crippen LogP) is 3.85. The maximum Gasteiger partial charge on any atom is 0.317 e. The quantitative estimate of drug-likeness (QED) is 0.0186. The molecule has 4 aliphatic heterocycles. The molecule has 27 nitrogen and oxygen atoms in total. The Balaban J connectivity index is 0.591. The first-order valence-electron chi connectivity index (χ1n) is 32.7. The molecule has 8 aliphatic rings. The van der Waals surface area contributed by atoms with Gasteiger partial charge in [0.1, 0.15) is 30.7 Å². The van der Waals surface area contributed by atoms with Gasteiger partial charge in [0.2, 0.25) is 35.4 Å². The van der Waals surface area contributed by atoms with E-state index in [1.807, 2.05) is 48.4 Å². The van der Waals surface area contributed by atoms with Gasteiger partial charge in [0.25, 0.3) is 23.6 Å². The summed E-state index contributed by atoms with van der Waals surface area (Å²) in [7, 11) is 1.52. The summed E-state index contributed by atoms with van der Waals surface area (Å²) in [5.41, 5.74) is 6.17. The van der Waals surface area contributed by atoms with Crippen LogP contribution in [-0.2, 0) is 59.1 Å². The summed E-state index contributed by atoms with van der Waals surface area (Å²) in [5, 5.41) is 39.3. The molecule has 0 spiro atoms. The van der Waals surface area contributed by atoms with Crippen LogP contribution in [0, 0.1) is 30.1 Å². The van der Waals surface area contributed by atoms with E-state index in [0.717, 1.165) is 76.6 Å². The lowest BCUT2D eigenvalue weighted by atomic mass is 9.70. The summed E-state index contributed by atoms with van der Waals surface area (Å²) in [4.78, 5) is 152. The van der Waals surface area contributed by atoms with Crippen LogP contribution in [0.25, 0.3) is 16.3 Å². The van der Waals surface area contributed by atoms with Gasteiger partial charge in [-0.25, -0.2) is 0 Å². The summed E-state index contributed by atoms with van der Waals surface area (Å²) >= 11 is 6.55. The minimum Gasteiger partial charge on any atom is -0.507 e. The van der Waals surface area contributed by atoms with Crippen molar-refractivity contribution in [1.29, 1.82) is 0 Å². The van der Waals surface area contributed by atoms with Gasteiger partial charge in [0, 0.05) is 96.8 Å². The Labute approximate surface area is 573 Å². The highest BCUT2D eigenvalue weighted by Crippen LogP contribution is 2.63. The van der Waals surface area contributed by atoms with Crippen LogP contribution in [0.4, 0.5) is 17.1 Å². The number of halogens is 1. The fourth-order valence-corrected chi connectivity index (χ4v) is 14.4. The van der Waals surface area contributed by atoms with Crippen molar-refractivity contribution in [3.8, 4) is 17.2 Å². The van der Waals surface area contributed by atoms with Gasteiger partial charge in [0.05, 0.1) is 62.9 Å². The molecule has 5 aromatic rings. The Hall–Kier alpha value is -10.5. The van der Waals surface area contributed by atoms with Crippen LogP contribution in [0.2, 0.25) is 0 Å². The second-order valence-corrected chi connectivity index (χ2v) is 26.3. The molecule has 0 aromatic heterocycles. The molecular formula is C71H74ClN11O16. The Morgan fingerprint density at radius 1 is 0.788 bits per heavy atom. The van der Waals surface area contributed by atoms with Gasteiger partial charge in [0.15, 0.2) is 11.5 Å². The van der Waals surface area contributed by atoms with Crippen LogP contribution < -0.4 is 51.6 Å². The van der Waals surface area contributed by atoms with Crippen molar-refractivity contribution in [2.75, 3.05) is 75.8 Å². The normalized spacial score (nSPS) is 20.9. The number of aromatic hydroxyl groups is 1. The molecule has 6 atom stereocenters. The zero-order valence-corrected chi connectivity index (χ0v) is 54.9. The number of imide groups is 1. The number of phenolic OH excluding ortho intramolecular Hbond substituents is 1. The highest BCUT2D eigenvalue weighted by atomic mass is 35.5. The van der Waals surface area contributed by atoms with Gasteiger partial charge in [-0.15, -0.1) is 11.6 Å². The van der Waals surface area contributed by atoms with E-state index >= 15 is 0 Å². The molecule has 99 heavy (non-hydrogen) atoms. The van der Waals surface area contributed by atoms with Crippen molar-refractivity contribution in [3.05, 3.63) is 137 Å². The number of methoxy groups -OCH3 is 1.